The first-order valence-corrected chi connectivity index (χ1v) is 11.9. The maximum Gasteiger partial charge on any atom is 0.0249 e. The number of benzene rings is 2. The first-order valence-electron chi connectivity index (χ1n) is 11.9. The van der Waals surface area contributed by atoms with Crippen LogP contribution in [0.15, 0.2) is 48.5 Å². The van der Waals surface area contributed by atoms with Crippen LogP contribution in [0.4, 0.5) is 0 Å². The van der Waals surface area contributed by atoms with Crippen molar-refractivity contribution in [3.05, 3.63) is 70.8 Å². The molecule has 0 bridgehead atoms. The van der Waals surface area contributed by atoms with Gasteiger partial charge in [0.15, 0.2) is 0 Å². The monoisotopic (exact) mass is 396 g/mol. The van der Waals surface area contributed by atoms with E-state index in [-0.39, 0.29) is 0 Å². The van der Waals surface area contributed by atoms with Crippen LogP contribution in [0.25, 0.3) is 0 Å². The Morgan fingerprint density at radius 3 is 2.03 bits per heavy atom. The van der Waals surface area contributed by atoms with Crippen LogP contribution in [0.1, 0.15) is 99.8 Å². The van der Waals surface area contributed by atoms with Crippen molar-refractivity contribution in [3.8, 4) is 23.7 Å². The van der Waals surface area contributed by atoms with E-state index in [1.165, 1.54) is 62.5 Å². The zero-order valence-corrected chi connectivity index (χ0v) is 18.8. The van der Waals surface area contributed by atoms with Crippen molar-refractivity contribution < 1.29 is 0 Å². The molecule has 0 heteroatoms. The Balaban J connectivity index is 1.50. The molecule has 1 aliphatic carbocycles. The van der Waals surface area contributed by atoms with Crippen molar-refractivity contribution in [2.24, 2.45) is 5.92 Å². The lowest BCUT2D eigenvalue weighted by Gasteiger charge is -2.29. The van der Waals surface area contributed by atoms with E-state index in [0.717, 1.165) is 35.8 Å². The highest BCUT2D eigenvalue weighted by Gasteiger charge is 2.21. The summed E-state index contributed by atoms with van der Waals surface area (Å²) in [5.74, 6) is 14.4. The standard InChI is InChI=1S/C30H36/c1-3-5-7-9-25-11-13-27(14-12-25)15-16-28-19-23-30(24-20-28)29-21-17-26(18-22-29)10-8-6-4-2/h11-14,19-20,23-24,26,29H,4,6-10,17-18,21-22H2,1-2H3. The summed E-state index contributed by atoms with van der Waals surface area (Å²) in [5, 5.41) is 0. The molecule has 0 spiro atoms. The molecule has 2 aromatic carbocycles. The lowest BCUT2D eigenvalue weighted by molar-refractivity contribution is 0.303. The molecule has 156 valence electrons. The van der Waals surface area contributed by atoms with E-state index in [9.17, 15) is 0 Å². The van der Waals surface area contributed by atoms with Gasteiger partial charge in [-0.15, -0.1) is 11.8 Å². The van der Waals surface area contributed by atoms with Crippen molar-refractivity contribution in [3.63, 3.8) is 0 Å². The van der Waals surface area contributed by atoms with Gasteiger partial charge in [-0.3, -0.25) is 0 Å². The maximum absolute atomic E-state index is 3.33. The normalized spacial score (nSPS) is 18.1. The van der Waals surface area contributed by atoms with Gasteiger partial charge in [-0.25, -0.2) is 0 Å². The molecule has 0 radical (unpaired) electrons. The highest BCUT2D eigenvalue weighted by Crippen LogP contribution is 2.37. The summed E-state index contributed by atoms with van der Waals surface area (Å²) in [6, 6.07) is 17.6. The van der Waals surface area contributed by atoms with Crippen LogP contribution in [0.5, 0.6) is 0 Å². The molecule has 3 rings (SSSR count). The van der Waals surface area contributed by atoms with Crippen LogP contribution in [0.3, 0.4) is 0 Å². The summed E-state index contributed by atoms with van der Waals surface area (Å²) < 4.78 is 0. The van der Waals surface area contributed by atoms with Crippen LogP contribution in [0.2, 0.25) is 0 Å². The van der Waals surface area contributed by atoms with Gasteiger partial charge in [0.1, 0.15) is 0 Å². The molecule has 0 amide bonds. The van der Waals surface area contributed by atoms with Crippen LogP contribution in [-0.4, -0.2) is 0 Å². The Bertz CT molecular complexity index is 870. The zero-order chi connectivity index (χ0) is 21.0. The zero-order valence-electron chi connectivity index (χ0n) is 18.8. The summed E-state index contributed by atoms with van der Waals surface area (Å²) in [6.07, 6.45) is 13.1. The quantitative estimate of drug-likeness (QED) is 0.329. The highest BCUT2D eigenvalue weighted by molar-refractivity contribution is 5.44. The number of rotatable bonds is 7. The molecular weight excluding hydrogens is 360 g/mol. The van der Waals surface area contributed by atoms with E-state index in [1.54, 1.807) is 0 Å². The van der Waals surface area contributed by atoms with Gasteiger partial charge in [-0.05, 0) is 86.3 Å². The second-order valence-corrected chi connectivity index (χ2v) is 8.71. The van der Waals surface area contributed by atoms with E-state index in [1.807, 2.05) is 6.92 Å². The van der Waals surface area contributed by atoms with Crippen molar-refractivity contribution in [2.75, 3.05) is 0 Å². The Labute approximate surface area is 184 Å². The maximum atomic E-state index is 3.33. The molecule has 0 aliphatic heterocycles. The summed E-state index contributed by atoms with van der Waals surface area (Å²) in [5.41, 5.74) is 5.01. The number of aryl methyl sites for hydroxylation is 1. The third-order valence-corrected chi connectivity index (χ3v) is 6.47. The van der Waals surface area contributed by atoms with Crippen LogP contribution >= 0.6 is 0 Å². The van der Waals surface area contributed by atoms with Gasteiger partial charge in [0, 0.05) is 17.5 Å². The fraction of sp³-hybridized carbons (Fsp3) is 0.467. The topological polar surface area (TPSA) is 0 Å². The Kier molecular flexibility index (Phi) is 9.12. The number of unbranched alkanes of at least 4 members (excludes halogenated alkanes) is 2. The SMILES string of the molecule is CC#CCCc1ccc(C#Cc2ccc(C3CCC(CCCCC)CC3)cc2)cc1. The molecule has 0 nitrogen and oxygen atoms in total. The first kappa shape index (κ1) is 22.2. The second-order valence-electron chi connectivity index (χ2n) is 8.71. The van der Waals surface area contributed by atoms with Crippen LogP contribution in [0, 0.1) is 29.6 Å². The van der Waals surface area contributed by atoms with Gasteiger partial charge in [0.05, 0.1) is 0 Å². The molecule has 1 saturated carbocycles. The van der Waals surface area contributed by atoms with Crippen LogP contribution in [-0.2, 0) is 6.42 Å². The molecule has 0 N–H and O–H groups in total. The minimum absolute atomic E-state index is 0.749. The minimum Gasteiger partial charge on any atom is -0.107 e. The molecule has 0 atom stereocenters. The first-order chi connectivity index (χ1) is 14.8. The fourth-order valence-electron chi connectivity index (χ4n) is 4.54. The lowest BCUT2D eigenvalue weighted by atomic mass is 9.77. The number of hydrogen-bond acceptors (Lipinski definition) is 0. The van der Waals surface area contributed by atoms with Gasteiger partial charge < -0.3 is 0 Å². The van der Waals surface area contributed by atoms with Crippen molar-refractivity contribution >= 4 is 0 Å². The Morgan fingerprint density at radius 1 is 0.800 bits per heavy atom. The molecule has 1 aliphatic rings. The summed E-state index contributed by atoms with van der Waals surface area (Å²) in [6.45, 7) is 4.19. The third-order valence-electron chi connectivity index (χ3n) is 6.47. The molecular formula is C30H36. The second kappa shape index (κ2) is 12.3. The average Bonchev–Trinajstić information content (AvgIpc) is 2.80. The van der Waals surface area contributed by atoms with Gasteiger partial charge in [-0.2, -0.15) is 0 Å². The van der Waals surface area contributed by atoms with Crippen molar-refractivity contribution in [1.29, 1.82) is 0 Å². The molecule has 0 aromatic heterocycles. The molecule has 0 saturated heterocycles. The number of hydrogen-bond donors (Lipinski definition) is 0. The van der Waals surface area contributed by atoms with Gasteiger partial charge in [0.2, 0.25) is 0 Å². The Morgan fingerprint density at radius 2 is 1.43 bits per heavy atom. The molecule has 0 unspecified atom stereocenters. The lowest BCUT2D eigenvalue weighted by Crippen LogP contribution is -2.13. The molecule has 30 heavy (non-hydrogen) atoms. The summed E-state index contributed by atoms with van der Waals surface area (Å²) in [4.78, 5) is 0. The summed E-state index contributed by atoms with van der Waals surface area (Å²) >= 11 is 0. The fourth-order valence-corrected chi connectivity index (χ4v) is 4.54. The largest absolute Gasteiger partial charge is 0.107 e. The van der Waals surface area contributed by atoms with Gasteiger partial charge in [-0.1, -0.05) is 68.7 Å². The van der Waals surface area contributed by atoms with E-state index < -0.39 is 0 Å². The van der Waals surface area contributed by atoms with E-state index in [2.05, 4.69) is 79.1 Å². The molecule has 2 aromatic rings. The van der Waals surface area contributed by atoms with E-state index >= 15 is 0 Å². The van der Waals surface area contributed by atoms with Crippen molar-refractivity contribution in [2.45, 2.75) is 84.0 Å². The predicted molar refractivity (Wildman–Crippen MR) is 129 cm³/mol. The van der Waals surface area contributed by atoms with E-state index in [4.69, 9.17) is 0 Å². The van der Waals surface area contributed by atoms with Gasteiger partial charge in [0.25, 0.3) is 0 Å². The average molecular weight is 397 g/mol. The molecule has 0 heterocycles. The van der Waals surface area contributed by atoms with Crippen LogP contribution < -0.4 is 0 Å². The molecule has 1 fully saturated rings. The summed E-state index contributed by atoms with van der Waals surface area (Å²) in [7, 11) is 0. The third kappa shape index (κ3) is 7.11. The van der Waals surface area contributed by atoms with Gasteiger partial charge >= 0.3 is 0 Å². The van der Waals surface area contributed by atoms with Crippen molar-refractivity contribution in [1.82, 2.24) is 0 Å². The highest BCUT2D eigenvalue weighted by atomic mass is 14.3. The predicted octanol–water partition coefficient (Wildman–Crippen LogP) is 7.90. The Hall–Kier alpha value is -2.44. The minimum atomic E-state index is 0.749. The smallest absolute Gasteiger partial charge is 0.0249 e. The van der Waals surface area contributed by atoms with E-state index in [0.29, 0.717) is 0 Å².